The Balaban J connectivity index is -0.000000722. The van der Waals surface area contributed by atoms with Crippen LogP contribution in [-0.2, 0) is 0 Å². The molecule has 0 aromatic heterocycles. The molecule has 6 N–H and O–H groups in total. The molecule has 2 aromatic rings. The van der Waals surface area contributed by atoms with Crippen LogP contribution in [0.25, 0.3) is 11.1 Å². The number of nitrogens with zero attached hydrogens (tertiary/aromatic N) is 1. The second-order valence-corrected chi connectivity index (χ2v) is 3.58. The number of anilines is 2. The first-order chi connectivity index (χ1) is 7.66. The highest BCUT2D eigenvalue weighted by Crippen LogP contribution is 2.22. The van der Waals surface area contributed by atoms with Crippen molar-refractivity contribution in [2.24, 2.45) is 11.7 Å². The minimum Gasteiger partial charge on any atom is -0.399 e. The van der Waals surface area contributed by atoms with Gasteiger partial charge in [-0.1, -0.05) is 24.3 Å². The number of nitrogen functional groups attached to an aromatic ring is 1. The Morgan fingerprint density at radius 2 is 0.950 bits per heavy atom. The summed E-state index contributed by atoms with van der Waals surface area (Å²) in [5.41, 5.74) is 9.37. The number of halogens is 4. The minimum atomic E-state index is 0. The highest BCUT2D eigenvalue weighted by atomic mass is 35.5. The Morgan fingerprint density at radius 1 is 0.600 bits per heavy atom. The predicted molar refractivity (Wildman–Crippen MR) is 96.1 cm³/mol. The second-order valence-electron chi connectivity index (χ2n) is 3.58. The van der Waals surface area contributed by atoms with Crippen molar-refractivity contribution >= 4 is 61.0 Å². The molecule has 0 spiro atoms. The van der Waals surface area contributed by atoms with E-state index in [0.29, 0.717) is 0 Å². The van der Waals surface area contributed by atoms with Crippen LogP contribution < -0.4 is 22.5 Å². The number of benzene rings is 2. The Morgan fingerprint density at radius 3 is 1.30 bits per heavy atom. The standard InChI is InChI=1S/C12H14N4.4ClH/c13-11-5-1-9(2-6-11)10-3-7-12(8-4-10)16(14)15;;;;/h1-8H,13-15H2;4*1H. The lowest BCUT2D eigenvalue weighted by Crippen LogP contribution is -2.37. The van der Waals surface area contributed by atoms with Crippen LogP contribution in [0.4, 0.5) is 11.4 Å². The molecule has 0 aliphatic heterocycles. The van der Waals surface area contributed by atoms with Gasteiger partial charge in [-0.2, -0.15) is 0 Å². The van der Waals surface area contributed by atoms with Gasteiger partial charge in [0.15, 0.2) is 0 Å². The molecular weight excluding hydrogens is 342 g/mol. The van der Waals surface area contributed by atoms with Gasteiger partial charge in [-0.3, -0.25) is 0 Å². The first-order valence-corrected chi connectivity index (χ1v) is 4.92. The monoisotopic (exact) mass is 358 g/mol. The maximum Gasteiger partial charge on any atom is 0.0697 e. The van der Waals surface area contributed by atoms with Gasteiger partial charge in [-0.05, 0) is 35.4 Å². The van der Waals surface area contributed by atoms with Gasteiger partial charge >= 0.3 is 0 Å². The number of hydrogen-bond acceptors (Lipinski definition) is 4. The van der Waals surface area contributed by atoms with Crippen LogP contribution in [-0.4, -0.2) is 0 Å². The van der Waals surface area contributed by atoms with E-state index in [4.69, 9.17) is 17.4 Å². The summed E-state index contributed by atoms with van der Waals surface area (Å²) in [6.45, 7) is 0. The molecule has 0 fully saturated rings. The van der Waals surface area contributed by atoms with Gasteiger partial charge in [0, 0.05) is 5.69 Å². The van der Waals surface area contributed by atoms with E-state index >= 15 is 0 Å². The van der Waals surface area contributed by atoms with Gasteiger partial charge in [-0.15, -0.1) is 49.6 Å². The molecule has 8 heteroatoms. The number of rotatable bonds is 2. The van der Waals surface area contributed by atoms with Crippen LogP contribution in [0.2, 0.25) is 0 Å². The van der Waals surface area contributed by atoms with Crippen molar-refractivity contribution in [3.63, 3.8) is 0 Å². The molecule has 0 heterocycles. The van der Waals surface area contributed by atoms with E-state index in [1.54, 1.807) is 0 Å². The quantitative estimate of drug-likeness (QED) is 0.437. The summed E-state index contributed by atoms with van der Waals surface area (Å²) in [4.78, 5) is 0. The van der Waals surface area contributed by atoms with E-state index in [2.05, 4.69) is 0 Å². The molecule has 0 unspecified atom stereocenters. The average molecular weight is 360 g/mol. The molecule has 0 aliphatic rings. The van der Waals surface area contributed by atoms with Crippen LogP contribution in [0.3, 0.4) is 0 Å². The molecule has 0 aliphatic carbocycles. The van der Waals surface area contributed by atoms with Crippen LogP contribution in [0.15, 0.2) is 48.5 Å². The van der Waals surface area contributed by atoms with E-state index < -0.39 is 0 Å². The maximum absolute atomic E-state index is 5.63. The summed E-state index contributed by atoms with van der Waals surface area (Å²) in [7, 11) is 0. The van der Waals surface area contributed by atoms with Gasteiger partial charge < -0.3 is 5.73 Å². The van der Waals surface area contributed by atoms with Crippen molar-refractivity contribution in [3.05, 3.63) is 48.5 Å². The maximum atomic E-state index is 5.63. The molecule has 114 valence electrons. The van der Waals surface area contributed by atoms with Crippen LogP contribution in [0.5, 0.6) is 0 Å². The van der Waals surface area contributed by atoms with Crippen LogP contribution in [0, 0.1) is 0 Å². The zero-order chi connectivity index (χ0) is 11.5. The number of hydrazine groups is 2. The third-order valence-electron chi connectivity index (χ3n) is 2.41. The van der Waals surface area contributed by atoms with Gasteiger partial charge in [0.1, 0.15) is 0 Å². The van der Waals surface area contributed by atoms with Crippen molar-refractivity contribution in [3.8, 4) is 11.1 Å². The Kier molecular flexibility index (Phi) is 13.1. The Bertz CT molecular complexity index is 474. The number of hydrogen-bond donors (Lipinski definition) is 3. The highest BCUT2D eigenvalue weighted by molar-refractivity contribution is 5.86. The zero-order valence-corrected chi connectivity index (χ0v) is 13.7. The summed E-state index contributed by atoms with van der Waals surface area (Å²) >= 11 is 0. The zero-order valence-electron chi connectivity index (χ0n) is 10.4. The summed E-state index contributed by atoms with van der Waals surface area (Å²) in [5.74, 6) is 10.8. The third-order valence-corrected chi connectivity index (χ3v) is 2.41. The molecule has 2 rings (SSSR count). The average Bonchev–Trinajstić information content (AvgIpc) is 2.30. The van der Waals surface area contributed by atoms with Crippen LogP contribution >= 0.6 is 49.6 Å². The summed E-state index contributed by atoms with van der Waals surface area (Å²) < 4.78 is 0. The third kappa shape index (κ3) is 6.05. The first kappa shape index (κ1) is 24.2. The largest absolute Gasteiger partial charge is 0.399 e. The molecule has 0 amide bonds. The van der Waals surface area contributed by atoms with Crippen molar-refractivity contribution in [2.75, 3.05) is 10.9 Å². The topological polar surface area (TPSA) is 81.3 Å². The first-order valence-electron chi connectivity index (χ1n) is 4.92. The fourth-order valence-electron chi connectivity index (χ4n) is 1.50. The van der Waals surface area contributed by atoms with Gasteiger partial charge in [0.05, 0.1) is 5.69 Å². The smallest absolute Gasteiger partial charge is 0.0697 e. The van der Waals surface area contributed by atoms with E-state index in [9.17, 15) is 0 Å². The summed E-state index contributed by atoms with van der Waals surface area (Å²) in [6, 6.07) is 15.4. The lowest BCUT2D eigenvalue weighted by Gasteiger charge is -2.11. The van der Waals surface area contributed by atoms with Crippen molar-refractivity contribution in [2.45, 2.75) is 0 Å². The molecule has 0 saturated carbocycles. The summed E-state index contributed by atoms with van der Waals surface area (Å²) in [5, 5.41) is 1.09. The van der Waals surface area contributed by atoms with Gasteiger partial charge in [0.2, 0.25) is 0 Å². The molecule has 0 bridgehead atoms. The SMILES string of the molecule is Cl.Cl.Cl.Cl.Nc1ccc(-c2ccc(N(N)N)cc2)cc1. The molecular formula is C12H18Cl4N4. The van der Waals surface area contributed by atoms with Crippen molar-refractivity contribution in [1.82, 2.24) is 0 Å². The fourth-order valence-corrected chi connectivity index (χ4v) is 1.50. The molecule has 2 aromatic carbocycles. The minimum absolute atomic E-state index is 0. The van der Waals surface area contributed by atoms with E-state index in [1.165, 1.54) is 0 Å². The normalized spacial score (nSPS) is 8.10. The van der Waals surface area contributed by atoms with Gasteiger partial charge in [0.25, 0.3) is 0 Å². The van der Waals surface area contributed by atoms with E-state index in [-0.39, 0.29) is 49.6 Å². The molecule has 4 nitrogen and oxygen atoms in total. The molecule has 20 heavy (non-hydrogen) atoms. The van der Waals surface area contributed by atoms with E-state index in [0.717, 1.165) is 27.6 Å². The summed E-state index contributed by atoms with van der Waals surface area (Å²) in [6.07, 6.45) is 0. The Hall–Kier alpha value is -0.880. The Labute approximate surface area is 143 Å². The van der Waals surface area contributed by atoms with E-state index in [1.807, 2.05) is 48.5 Å². The highest BCUT2D eigenvalue weighted by Gasteiger charge is 1.99. The lowest BCUT2D eigenvalue weighted by atomic mass is 10.1. The molecule has 0 atom stereocenters. The second kappa shape index (κ2) is 10.9. The van der Waals surface area contributed by atoms with Crippen molar-refractivity contribution in [1.29, 1.82) is 0 Å². The lowest BCUT2D eigenvalue weighted by molar-refractivity contribution is 0.925. The predicted octanol–water partition coefficient (Wildman–Crippen LogP) is 3.18. The fraction of sp³-hybridized carbons (Fsp3) is 0. The van der Waals surface area contributed by atoms with Gasteiger partial charge in [-0.25, -0.2) is 16.8 Å². The number of nitrogens with two attached hydrogens (primary N) is 3. The molecule has 0 radical (unpaired) electrons. The van der Waals surface area contributed by atoms with Crippen LogP contribution in [0.1, 0.15) is 0 Å². The molecule has 0 saturated heterocycles. The van der Waals surface area contributed by atoms with Crippen molar-refractivity contribution < 1.29 is 0 Å².